The van der Waals surface area contributed by atoms with Gasteiger partial charge in [0.1, 0.15) is 5.82 Å². The van der Waals surface area contributed by atoms with Gasteiger partial charge >= 0.3 is 0 Å². The number of benzene rings is 1. The molecule has 86 valence electrons. The fourth-order valence-electron chi connectivity index (χ4n) is 1.75. The molecule has 0 fully saturated rings. The minimum Gasteiger partial charge on any atom is -0.341 e. The van der Waals surface area contributed by atoms with E-state index in [0.717, 1.165) is 16.9 Å². The molecule has 0 aliphatic carbocycles. The second kappa shape index (κ2) is 3.59. The summed E-state index contributed by atoms with van der Waals surface area (Å²) in [6, 6.07) is 6.06. The van der Waals surface area contributed by atoms with Crippen LogP contribution in [-0.4, -0.2) is 9.97 Å². The lowest BCUT2D eigenvalue weighted by Gasteiger charge is -2.24. The van der Waals surface area contributed by atoms with Crippen molar-refractivity contribution < 1.29 is 0 Å². The van der Waals surface area contributed by atoms with Crippen LogP contribution < -0.4 is 5.73 Å². The summed E-state index contributed by atoms with van der Waals surface area (Å²) in [4.78, 5) is 7.90. The molecule has 0 aliphatic rings. The lowest BCUT2D eigenvalue weighted by Crippen LogP contribution is -2.27. The lowest BCUT2D eigenvalue weighted by atomic mass is 9.87. The van der Waals surface area contributed by atoms with Crippen LogP contribution in [0.4, 0.5) is 0 Å². The summed E-state index contributed by atoms with van der Waals surface area (Å²) in [5.74, 6) is 0.872. The highest BCUT2D eigenvalue weighted by Crippen LogP contribution is 2.30. The summed E-state index contributed by atoms with van der Waals surface area (Å²) in [6.07, 6.45) is 0. The molecule has 2 aromatic rings. The Bertz CT molecular complexity index is 505. The monoisotopic (exact) mass is 217 g/mol. The van der Waals surface area contributed by atoms with Crippen molar-refractivity contribution in [2.75, 3.05) is 0 Å². The van der Waals surface area contributed by atoms with Crippen LogP contribution in [0.1, 0.15) is 38.2 Å². The van der Waals surface area contributed by atoms with Gasteiger partial charge in [0.2, 0.25) is 0 Å². The third-order valence-electron chi connectivity index (χ3n) is 2.96. The van der Waals surface area contributed by atoms with Crippen molar-refractivity contribution in [3.63, 3.8) is 0 Å². The first kappa shape index (κ1) is 11.1. The minimum absolute atomic E-state index is 0.0157. The van der Waals surface area contributed by atoms with Crippen molar-refractivity contribution in [3.8, 4) is 0 Å². The Hall–Kier alpha value is -1.35. The summed E-state index contributed by atoms with van der Waals surface area (Å²) in [6.45, 7) is 8.43. The van der Waals surface area contributed by atoms with Crippen LogP contribution in [0.2, 0.25) is 0 Å². The van der Waals surface area contributed by atoms with Gasteiger partial charge in [-0.2, -0.15) is 0 Å². The van der Waals surface area contributed by atoms with E-state index >= 15 is 0 Å². The molecule has 0 aliphatic heterocycles. The third-order valence-corrected chi connectivity index (χ3v) is 2.96. The number of nitrogens with one attached hydrogen (secondary N) is 1. The highest BCUT2D eigenvalue weighted by atomic mass is 15.0. The number of aromatic amines is 1. The van der Waals surface area contributed by atoms with Crippen LogP contribution in [0.25, 0.3) is 11.0 Å². The average molecular weight is 217 g/mol. The summed E-state index contributed by atoms with van der Waals surface area (Å²) in [5.41, 5.74) is 9.48. The first-order chi connectivity index (χ1) is 7.39. The number of H-pyrrole nitrogens is 1. The molecule has 0 saturated heterocycles. The van der Waals surface area contributed by atoms with Crippen LogP contribution in [0, 0.1) is 12.3 Å². The molecule has 1 atom stereocenters. The molecule has 0 bridgehead atoms. The van der Waals surface area contributed by atoms with Crippen molar-refractivity contribution in [3.05, 3.63) is 29.6 Å². The second-order valence-corrected chi connectivity index (χ2v) is 5.44. The molecule has 3 heteroatoms. The van der Waals surface area contributed by atoms with Crippen LogP contribution in [0.5, 0.6) is 0 Å². The lowest BCUT2D eigenvalue weighted by molar-refractivity contribution is 0.317. The number of fused-ring (bicyclic) bond motifs is 1. The molecule has 1 aromatic heterocycles. The summed E-state index contributed by atoms with van der Waals surface area (Å²) >= 11 is 0. The van der Waals surface area contributed by atoms with Gasteiger partial charge in [0, 0.05) is 0 Å². The predicted octanol–water partition coefficient (Wildman–Crippen LogP) is 2.92. The smallest absolute Gasteiger partial charge is 0.124 e. The number of imidazole rings is 1. The number of rotatable bonds is 1. The molecule has 2 rings (SSSR count). The van der Waals surface area contributed by atoms with Gasteiger partial charge in [-0.15, -0.1) is 0 Å². The number of nitrogens with two attached hydrogens (primary N) is 1. The van der Waals surface area contributed by atoms with Crippen LogP contribution in [0.15, 0.2) is 18.2 Å². The zero-order valence-corrected chi connectivity index (χ0v) is 10.3. The Labute approximate surface area is 96.1 Å². The van der Waals surface area contributed by atoms with Gasteiger partial charge in [-0.05, 0) is 24.0 Å². The molecule has 1 aromatic carbocycles. The molecule has 3 nitrogen and oxygen atoms in total. The maximum absolute atomic E-state index is 6.19. The topological polar surface area (TPSA) is 54.7 Å². The standard InChI is InChI=1S/C13H19N3/c1-8-6-5-7-9-10(8)16-12(15-9)11(14)13(2,3)4/h5-7,11H,14H2,1-4H3,(H,15,16)/t11-/m0/s1. The highest BCUT2D eigenvalue weighted by Gasteiger charge is 2.25. The van der Waals surface area contributed by atoms with E-state index in [9.17, 15) is 0 Å². The number of para-hydroxylation sites is 1. The maximum Gasteiger partial charge on any atom is 0.124 e. The van der Waals surface area contributed by atoms with E-state index < -0.39 is 0 Å². The molecule has 0 spiro atoms. The van der Waals surface area contributed by atoms with Gasteiger partial charge in [-0.1, -0.05) is 32.9 Å². The molecule has 16 heavy (non-hydrogen) atoms. The van der Waals surface area contributed by atoms with E-state index in [2.05, 4.69) is 43.7 Å². The molecule has 0 unspecified atom stereocenters. The van der Waals surface area contributed by atoms with Crippen LogP contribution in [0.3, 0.4) is 0 Å². The van der Waals surface area contributed by atoms with Gasteiger partial charge in [-0.25, -0.2) is 4.98 Å². The quantitative estimate of drug-likeness (QED) is 0.771. The van der Waals surface area contributed by atoms with Crippen molar-refractivity contribution in [1.82, 2.24) is 9.97 Å². The maximum atomic E-state index is 6.19. The second-order valence-electron chi connectivity index (χ2n) is 5.44. The highest BCUT2D eigenvalue weighted by molar-refractivity contribution is 5.78. The largest absolute Gasteiger partial charge is 0.341 e. The zero-order chi connectivity index (χ0) is 11.9. The summed E-state index contributed by atoms with van der Waals surface area (Å²) in [7, 11) is 0. The molecule has 3 N–H and O–H groups in total. The van der Waals surface area contributed by atoms with Gasteiger partial charge in [0.15, 0.2) is 0 Å². The van der Waals surface area contributed by atoms with Crippen molar-refractivity contribution in [2.24, 2.45) is 11.1 Å². The SMILES string of the molecule is Cc1cccc2[nH]c([C@H](N)C(C)(C)C)nc12. The first-order valence-corrected chi connectivity index (χ1v) is 5.60. The minimum atomic E-state index is -0.0701. The summed E-state index contributed by atoms with van der Waals surface area (Å²) < 4.78 is 0. The molecular weight excluding hydrogens is 198 g/mol. The Kier molecular flexibility index (Phi) is 2.50. The van der Waals surface area contributed by atoms with Crippen molar-refractivity contribution in [2.45, 2.75) is 33.7 Å². The van der Waals surface area contributed by atoms with Crippen LogP contribution in [-0.2, 0) is 0 Å². The molecule has 1 heterocycles. The predicted molar refractivity (Wildman–Crippen MR) is 67.2 cm³/mol. The van der Waals surface area contributed by atoms with E-state index in [1.807, 2.05) is 12.1 Å². The number of aromatic nitrogens is 2. The first-order valence-electron chi connectivity index (χ1n) is 5.60. The molecular formula is C13H19N3. The van der Waals surface area contributed by atoms with Gasteiger partial charge in [0.05, 0.1) is 17.1 Å². The van der Waals surface area contributed by atoms with Crippen LogP contribution >= 0.6 is 0 Å². The molecule has 0 amide bonds. The van der Waals surface area contributed by atoms with E-state index in [1.165, 1.54) is 5.56 Å². The third kappa shape index (κ3) is 1.83. The van der Waals surface area contributed by atoms with E-state index in [-0.39, 0.29) is 11.5 Å². The van der Waals surface area contributed by atoms with Gasteiger partial charge < -0.3 is 10.7 Å². The average Bonchev–Trinajstić information content (AvgIpc) is 2.60. The number of hydrogen-bond donors (Lipinski definition) is 2. The van der Waals surface area contributed by atoms with E-state index in [1.54, 1.807) is 0 Å². The fourth-order valence-corrected chi connectivity index (χ4v) is 1.75. The Morgan fingerprint density at radius 1 is 1.31 bits per heavy atom. The molecule has 0 saturated carbocycles. The zero-order valence-electron chi connectivity index (χ0n) is 10.3. The number of aryl methyl sites for hydroxylation is 1. The normalized spacial score (nSPS) is 14.3. The Morgan fingerprint density at radius 2 is 2.00 bits per heavy atom. The van der Waals surface area contributed by atoms with Crippen molar-refractivity contribution >= 4 is 11.0 Å². The number of nitrogens with zero attached hydrogens (tertiary/aromatic N) is 1. The van der Waals surface area contributed by atoms with E-state index in [4.69, 9.17) is 5.73 Å². The van der Waals surface area contributed by atoms with E-state index in [0.29, 0.717) is 0 Å². The van der Waals surface area contributed by atoms with Crippen molar-refractivity contribution in [1.29, 1.82) is 0 Å². The van der Waals surface area contributed by atoms with Gasteiger partial charge in [0.25, 0.3) is 0 Å². The fraction of sp³-hybridized carbons (Fsp3) is 0.462. The Balaban J connectivity index is 2.52. The Morgan fingerprint density at radius 3 is 2.56 bits per heavy atom. The molecule has 0 radical (unpaired) electrons. The summed E-state index contributed by atoms with van der Waals surface area (Å²) in [5, 5.41) is 0. The van der Waals surface area contributed by atoms with Gasteiger partial charge in [-0.3, -0.25) is 0 Å². The number of hydrogen-bond acceptors (Lipinski definition) is 2.